The molecule has 0 spiro atoms. The molecule has 1 aromatic carbocycles. The molecule has 2 atom stereocenters. The topological polar surface area (TPSA) is 108 Å². The molecule has 4 N–H and O–H groups in total. The lowest BCUT2D eigenvalue weighted by Gasteiger charge is -2.24. The Labute approximate surface area is 182 Å². The van der Waals surface area contributed by atoms with Crippen molar-refractivity contribution in [2.45, 2.75) is 51.5 Å². The van der Waals surface area contributed by atoms with Gasteiger partial charge in [-0.05, 0) is 56.0 Å². The van der Waals surface area contributed by atoms with Crippen molar-refractivity contribution in [3.05, 3.63) is 34.9 Å². The standard InChI is InChI=1S/C22H32ClN3O4/c1-14(2)11-19(22(29)30)26-20(27)12-17(15-3-5-18(23)6-4-15)13-25-21(28)16-7-9-24-10-8-16/h3-6,14,16-17,19,24H,7-13H2,1-2H3,(H,25,28)(H,26,27)(H,29,30)/t17?,19-/m0/s1. The van der Waals surface area contributed by atoms with E-state index in [-0.39, 0.29) is 36.0 Å². The van der Waals surface area contributed by atoms with Crippen LogP contribution >= 0.6 is 11.6 Å². The second-order valence-corrected chi connectivity index (χ2v) is 8.75. The molecule has 7 nitrogen and oxygen atoms in total. The average molecular weight is 438 g/mol. The normalized spacial score (nSPS) is 16.7. The number of benzene rings is 1. The van der Waals surface area contributed by atoms with Crippen LogP contribution in [0.25, 0.3) is 0 Å². The van der Waals surface area contributed by atoms with Gasteiger partial charge in [0.1, 0.15) is 6.04 Å². The SMILES string of the molecule is CC(C)C[C@H](NC(=O)CC(CNC(=O)C1CCNCC1)c1ccc(Cl)cc1)C(=O)O. The fraction of sp³-hybridized carbons (Fsp3) is 0.591. The van der Waals surface area contributed by atoms with E-state index in [4.69, 9.17) is 11.6 Å². The van der Waals surface area contributed by atoms with Crippen LogP contribution in [-0.4, -0.2) is 48.6 Å². The molecule has 0 aliphatic carbocycles. The zero-order valence-corrected chi connectivity index (χ0v) is 18.4. The van der Waals surface area contributed by atoms with Gasteiger partial charge in [-0.15, -0.1) is 0 Å². The Morgan fingerprint density at radius 3 is 2.37 bits per heavy atom. The molecule has 1 aliphatic rings. The van der Waals surface area contributed by atoms with Gasteiger partial charge >= 0.3 is 5.97 Å². The van der Waals surface area contributed by atoms with Crippen molar-refractivity contribution >= 4 is 29.4 Å². The van der Waals surface area contributed by atoms with Gasteiger partial charge in [0.05, 0.1) is 0 Å². The summed E-state index contributed by atoms with van der Waals surface area (Å²) in [4.78, 5) is 36.6. The van der Waals surface area contributed by atoms with Crippen molar-refractivity contribution in [3.8, 4) is 0 Å². The van der Waals surface area contributed by atoms with E-state index in [1.54, 1.807) is 12.1 Å². The molecule has 0 radical (unpaired) electrons. The Bertz CT molecular complexity index is 718. The molecular weight excluding hydrogens is 406 g/mol. The summed E-state index contributed by atoms with van der Waals surface area (Å²) in [7, 11) is 0. The molecule has 1 fully saturated rings. The number of nitrogens with one attached hydrogen (secondary N) is 3. The van der Waals surface area contributed by atoms with Crippen LogP contribution in [0, 0.1) is 11.8 Å². The van der Waals surface area contributed by atoms with E-state index < -0.39 is 12.0 Å². The van der Waals surface area contributed by atoms with Gasteiger partial charge in [-0.3, -0.25) is 9.59 Å². The van der Waals surface area contributed by atoms with Gasteiger partial charge in [-0.1, -0.05) is 37.6 Å². The highest BCUT2D eigenvalue weighted by Crippen LogP contribution is 2.22. The maximum Gasteiger partial charge on any atom is 0.326 e. The molecule has 8 heteroatoms. The van der Waals surface area contributed by atoms with Crippen LogP contribution in [-0.2, 0) is 14.4 Å². The van der Waals surface area contributed by atoms with Crippen LogP contribution in [0.2, 0.25) is 5.02 Å². The van der Waals surface area contributed by atoms with Gasteiger partial charge in [-0.2, -0.15) is 0 Å². The van der Waals surface area contributed by atoms with Crippen LogP contribution in [0.3, 0.4) is 0 Å². The Morgan fingerprint density at radius 1 is 1.17 bits per heavy atom. The number of carbonyl (C=O) groups is 3. The van der Waals surface area contributed by atoms with E-state index in [0.29, 0.717) is 18.0 Å². The minimum atomic E-state index is -1.04. The molecule has 1 saturated heterocycles. The predicted molar refractivity (Wildman–Crippen MR) is 116 cm³/mol. The molecule has 0 aromatic heterocycles. The number of carboxylic acid groups (broad SMARTS) is 1. The molecule has 1 aliphatic heterocycles. The lowest BCUT2D eigenvalue weighted by Crippen LogP contribution is -2.43. The Kier molecular flexibility index (Phi) is 9.59. The summed E-state index contributed by atoms with van der Waals surface area (Å²) >= 11 is 5.98. The molecule has 1 heterocycles. The molecular formula is C22H32ClN3O4. The highest BCUT2D eigenvalue weighted by atomic mass is 35.5. The van der Waals surface area contributed by atoms with Crippen LogP contribution < -0.4 is 16.0 Å². The number of rotatable bonds is 10. The van der Waals surface area contributed by atoms with Gasteiger partial charge in [0.2, 0.25) is 11.8 Å². The van der Waals surface area contributed by atoms with Crippen LogP contribution in [0.5, 0.6) is 0 Å². The monoisotopic (exact) mass is 437 g/mol. The maximum absolute atomic E-state index is 12.6. The molecule has 2 amide bonds. The summed E-state index contributed by atoms with van der Waals surface area (Å²) in [6.07, 6.45) is 2.04. The number of carboxylic acids is 1. The van der Waals surface area contributed by atoms with Gasteiger partial charge < -0.3 is 21.1 Å². The minimum absolute atomic E-state index is 0.000841. The smallest absolute Gasteiger partial charge is 0.326 e. The lowest BCUT2D eigenvalue weighted by atomic mass is 9.93. The van der Waals surface area contributed by atoms with Gasteiger partial charge in [0.25, 0.3) is 0 Å². The van der Waals surface area contributed by atoms with Crippen LogP contribution in [0.15, 0.2) is 24.3 Å². The summed E-state index contributed by atoms with van der Waals surface area (Å²) < 4.78 is 0. The third kappa shape index (κ3) is 7.95. The quantitative estimate of drug-likeness (QED) is 0.450. The van der Waals surface area contributed by atoms with Crippen molar-refractivity contribution < 1.29 is 19.5 Å². The molecule has 30 heavy (non-hydrogen) atoms. The van der Waals surface area contributed by atoms with Gasteiger partial charge in [0.15, 0.2) is 0 Å². The number of hydrogen-bond acceptors (Lipinski definition) is 4. The zero-order valence-electron chi connectivity index (χ0n) is 17.6. The Hall–Kier alpha value is -2.12. The summed E-state index contributed by atoms with van der Waals surface area (Å²) in [6.45, 7) is 5.78. The van der Waals surface area contributed by atoms with E-state index in [2.05, 4.69) is 16.0 Å². The highest BCUT2D eigenvalue weighted by molar-refractivity contribution is 6.30. The van der Waals surface area contributed by atoms with Crippen LogP contribution in [0.4, 0.5) is 0 Å². The van der Waals surface area contributed by atoms with Crippen molar-refractivity contribution in [2.24, 2.45) is 11.8 Å². The second-order valence-electron chi connectivity index (χ2n) is 8.31. The summed E-state index contributed by atoms with van der Waals surface area (Å²) in [6, 6.07) is 6.23. The average Bonchev–Trinajstić information content (AvgIpc) is 2.71. The number of carbonyl (C=O) groups excluding carboxylic acids is 2. The molecule has 2 rings (SSSR count). The van der Waals surface area contributed by atoms with Crippen molar-refractivity contribution in [1.82, 2.24) is 16.0 Å². The first kappa shape index (κ1) is 24.2. The lowest BCUT2D eigenvalue weighted by molar-refractivity contribution is -0.142. The van der Waals surface area contributed by atoms with Gasteiger partial charge in [0, 0.05) is 29.8 Å². The summed E-state index contributed by atoms with van der Waals surface area (Å²) in [5.74, 6) is -1.55. The third-order valence-corrected chi connectivity index (χ3v) is 5.60. The molecule has 1 unspecified atom stereocenters. The number of aliphatic carboxylic acids is 1. The van der Waals surface area contributed by atoms with E-state index in [1.807, 2.05) is 26.0 Å². The number of hydrogen-bond donors (Lipinski definition) is 4. The Balaban J connectivity index is 2.03. The van der Waals surface area contributed by atoms with Gasteiger partial charge in [-0.25, -0.2) is 4.79 Å². The molecule has 1 aromatic rings. The van der Waals surface area contributed by atoms with E-state index in [0.717, 1.165) is 31.5 Å². The highest BCUT2D eigenvalue weighted by Gasteiger charge is 2.25. The van der Waals surface area contributed by atoms with E-state index in [9.17, 15) is 19.5 Å². The van der Waals surface area contributed by atoms with Crippen molar-refractivity contribution in [3.63, 3.8) is 0 Å². The second kappa shape index (κ2) is 11.9. The summed E-state index contributed by atoms with van der Waals surface area (Å²) in [5, 5.41) is 18.8. The first-order chi connectivity index (χ1) is 14.3. The van der Waals surface area contributed by atoms with Crippen LogP contribution in [0.1, 0.15) is 51.0 Å². The zero-order chi connectivity index (χ0) is 22.1. The molecule has 0 saturated carbocycles. The van der Waals surface area contributed by atoms with Crippen molar-refractivity contribution in [2.75, 3.05) is 19.6 Å². The fourth-order valence-electron chi connectivity index (χ4n) is 3.66. The minimum Gasteiger partial charge on any atom is -0.480 e. The van der Waals surface area contributed by atoms with E-state index >= 15 is 0 Å². The number of piperidine rings is 1. The van der Waals surface area contributed by atoms with E-state index in [1.165, 1.54) is 0 Å². The Morgan fingerprint density at radius 2 is 1.80 bits per heavy atom. The number of halogens is 1. The maximum atomic E-state index is 12.6. The fourth-order valence-corrected chi connectivity index (χ4v) is 3.79. The molecule has 166 valence electrons. The largest absolute Gasteiger partial charge is 0.480 e. The third-order valence-electron chi connectivity index (χ3n) is 5.35. The predicted octanol–water partition coefficient (Wildman–Crippen LogP) is 2.54. The first-order valence-electron chi connectivity index (χ1n) is 10.5. The summed E-state index contributed by atoms with van der Waals surface area (Å²) in [5.41, 5.74) is 0.871. The first-order valence-corrected chi connectivity index (χ1v) is 10.9. The van der Waals surface area contributed by atoms with Crippen molar-refractivity contribution in [1.29, 1.82) is 0 Å². The molecule has 0 bridgehead atoms. The number of amides is 2.